The maximum Gasteiger partial charge on any atom is 0.338 e. The van der Waals surface area contributed by atoms with E-state index in [0.717, 1.165) is 50.5 Å². The monoisotopic (exact) mass is 364 g/mol. The van der Waals surface area contributed by atoms with E-state index in [1.54, 1.807) is 0 Å². The highest BCUT2D eigenvalue weighted by molar-refractivity contribution is 6.24. The molecule has 5 fully saturated rings. The van der Waals surface area contributed by atoms with Crippen LogP contribution < -0.4 is 4.74 Å². The van der Waals surface area contributed by atoms with Crippen molar-refractivity contribution in [2.75, 3.05) is 0 Å². The van der Waals surface area contributed by atoms with Crippen LogP contribution in [0.4, 0.5) is 4.39 Å². The van der Waals surface area contributed by atoms with Gasteiger partial charge in [0.05, 0.1) is 5.56 Å². The highest BCUT2D eigenvalue weighted by Gasteiger charge is 2.55. The minimum Gasteiger partial charge on any atom is -0.489 e. The van der Waals surface area contributed by atoms with Crippen molar-refractivity contribution in [3.05, 3.63) is 29.1 Å². The number of ether oxygens (including phenoxy) is 1. The van der Waals surface area contributed by atoms with Gasteiger partial charge < -0.3 is 9.84 Å². The Morgan fingerprint density at radius 3 is 2.44 bits per heavy atom. The van der Waals surface area contributed by atoms with Gasteiger partial charge in [-0.05, 0) is 80.2 Å². The Bertz CT molecular complexity index is 729. The smallest absolute Gasteiger partial charge is 0.338 e. The third-order valence-corrected chi connectivity index (χ3v) is 7.18. The summed E-state index contributed by atoms with van der Waals surface area (Å²) in [6, 6.07) is 2.79. The number of benzene rings is 1. The number of alkyl halides is 1. The molecule has 1 N–H and O–H groups in total. The molecular formula is C20H22ClFO3. The molecule has 0 heterocycles. The molecule has 0 aromatic heterocycles. The summed E-state index contributed by atoms with van der Waals surface area (Å²) in [5.74, 6) is 0.546. The van der Waals surface area contributed by atoms with Gasteiger partial charge in [0, 0.05) is 10.9 Å². The number of rotatable bonds is 4. The molecule has 5 aliphatic rings. The molecule has 0 radical (unpaired) electrons. The zero-order valence-corrected chi connectivity index (χ0v) is 14.8. The molecule has 134 valence electrons. The fourth-order valence-corrected chi connectivity index (χ4v) is 6.38. The van der Waals surface area contributed by atoms with Gasteiger partial charge in [0.15, 0.2) is 0 Å². The van der Waals surface area contributed by atoms with Gasteiger partial charge in [-0.2, -0.15) is 0 Å². The van der Waals surface area contributed by atoms with Crippen LogP contribution >= 0.6 is 11.6 Å². The quantitative estimate of drug-likeness (QED) is 0.767. The van der Waals surface area contributed by atoms with Crippen molar-refractivity contribution in [1.29, 1.82) is 0 Å². The number of aromatic carboxylic acids is 1. The number of carbonyl (C=O) groups is 1. The van der Waals surface area contributed by atoms with Crippen LogP contribution in [0.3, 0.4) is 0 Å². The Hall–Kier alpha value is -1.29. The van der Waals surface area contributed by atoms with Crippen LogP contribution in [-0.4, -0.2) is 22.1 Å². The fraction of sp³-hybridized carbons (Fsp3) is 0.650. The predicted octanol–water partition coefficient (Wildman–Crippen LogP) is 4.97. The summed E-state index contributed by atoms with van der Waals surface area (Å²) in [5.41, 5.74) is 0.618. The van der Waals surface area contributed by atoms with E-state index in [1.165, 1.54) is 12.1 Å². The second-order valence-electron chi connectivity index (χ2n) is 8.65. The summed E-state index contributed by atoms with van der Waals surface area (Å²) < 4.78 is 20.6. The normalized spacial score (nSPS) is 38.8. The van der Waals surface area contributed by atoms with Crippen molar-refractivity contribution in [1.82, 2.24) is 0 Å². The van der Waals surface area contributed by atoms with Crippen LogP contribution in [0.5, 0.6) is 5.75 Å². The maximum absolute atomic E-state index is 14.3. The van der Waals surface area contributed by atoms with Gasteiger partial charge in [0.1, 0.15) is 17.7 Å². The van der Waals surface area contributed by atoms with Crippen LogP contribution in [0, 0.1) is 23.6 Å². The highest BCUT2D eigenvalue weighted by Crippen LogP contribution is 2.59. The van der Waals surface area contributed by atoms with Crippen molar-refractivity contribution in [2.45, 2.75) is 61.8 Å². The molecule has 0 aliphatic heterocycles. The van der Waals surface area contributed by atoms with Crippen molar-refractivity contribution in [2.24, 2.45) is 17.8 Å². The van der Waals surface area contributed by atoms with Gasteiger partial charge in [-0.25, -0.2) is 9.18 Å². The summed E-state index contributed by atoms with van der Waals surface area (Å²) in [4.78, 5) is 11.2. The van der Waals surface area contributed by atoms with E-state index in [0.29, 0.717) is 29.4 Å². The lowest BCUT2D eigenvalue weighted by molar-refractivity contribution is -0.0700. The van der Waals surface area contributed by atoms with Crippen molar-refractivity contribution in [3.63, 3.8) is 0 Å². The number of halogens is 2. The van der Waals surface area contributed by atoms with E-state index in [-0.39, 0.29) is 16.5 Å². The third kappa shape index (κ3) is 2.64. The molecule has 1 aromatic carbocycles. The Morgan fingerprint density at radius 2 is 1.88 bits per heavy atom. The molecule has 6 rings (SSSR count). The van der Waals surface area contributed by atoms with Gasteiger partial charge in [0.25, 0.3) is 0 Å². The SMILES string of the molecule is O=C(O)c1cc(C2CC2)c(O[C@H]2C3CC4CC2C[C@@](Cl)(C4)C3)cc1F. The topological polar surface area (TPSA) is 46.5 Å². The molecule has 1 aromatic rings. The first-order valence-electron chi connectivity index (χ1n) is 9.34. The molecule has 0 saturated heterocycles. The minimum atomic E-state index is -1.22. The average molecular weight is 365 g/mol. The van der Waals surface area contributed by atoms with Gasteiger partial charge in [0.2, 0.25) is 0 Å². The Balaban J connectivity index is 1.46. The summed E-state index contributed by atoms with van der Waals surface area (Å²) in [6.07, 6.45) is 7.55. The van der Waals surface area contributed by atoms with Crippen molar-refractivity contribution >= 4 is 17.6 Å². The molecule has 5 heteroatoms. The van der Waals surface area contributed by atoms with E-state index in [2.05, 4.69) is 0 Å². The molecule has 2 atom stereocenters. The lowest BCUT2D eigenvalue weighted by atomic mass is 9.54. The summed E-state index contributed by atoms with van der Waals surface area (Å²) in [7, 11) is 0. The first kappa shape index (κ1) is 15.9. The molecule has 2 unspecified atom stereocenters. The standard InChI is InChI=1S/C20H22ClFO3/c21-20-7-10-3-12(8-20)18(13(4-10)9-20)25-17-6-16(22)15(19(23)24)5-14(17)11-1-2-11/h5-6,10-13,18H,1-4,7-9H2,(H,23,24)/t10?,12?,13?,18-,20+. The van der Waals surface area contributed by atoms with Crippen LogP contribution in [-0.2, 0) is 0 Å². The minimum absolute atomic E-state index is 0.0475. The Labute approximate surface area is 151 Å². The van der Waals surface area contributed by atoms with E-state index in [1.807, 2.05) is 0 Å². The van der Waals surface area contributed by atoms with Gasteiger partial charge in [-0.15, -0.1) is 11.6 Å². The zero-order chi connectivity index (χ0) is 17.3. The van der Waals surface area contributed by atoms with E-state index < -0.39 is 11.8 Å². The van der Waals surface area contributed by atoms with Crippen LogP contribution in [0.2, 0.25) is 0 Å². The molecule has 0 amide bonds. The second kappa shape index (κ2) is 5.35. The largest absolute Gasteiger partial charge is 0.489 e. The number of hydrogen-bond donors (Lipinski definition) is 1. The van der Waals surface area contributed by atoms with Gasteiger partial charge >= 0.3 is 5.97 Å². The number of carboxylic acids is 1. The first-order chi connectivity index (χ1) is 11.9. The third-order valence-electron chi connectivity index (χ3n) is 6.72. The van der Waals surface area contributed by atoms with Crippen molar-refractivity contribution in [3.8, 4) is 5.75 Å². The van der Waals surface area contributed by atoms with Crippen LogP contribution in [0.1, 0.15) is 66.8 Å². The average Bonchev–Trinajstić information content (AvgIpc) is 3.33. The molecule has 0 spiro atoms. The molecule has 4 bridgehead atoms. The molecular weight excluding hydrogens is 343 g/mol. The molecule has 5 saturated carbocycles. The van der Waals surface area contributed by atoms with Crippen LogP contribution in [0.15, 0.2) is 12.1 Å². The van der Waals surface area contributed by atoms with E-state index >= 15 is 0 Å². The fourth-order valence-electron chi connectivity index (χ4n) is 5.77. The van der Waals surface area contributed by atoms with Gasteiger partial charge in [-0.3, -0.25) is 0 Å². The van der Waals surface area contributed by atoms with Crippen molar-refractivity contribution < 1.29 is 19.0 Å². The molecule has 5 aliphatic carbocycles. The Morgan fingerprint density at radius 1 is 1.20 bits per heavy atom. The number of hydrogen-bond acceptors (Lipinski definition) is 2. The second-order valence-corrected chi connectivity index (χ2v) is 9.45. The molecule has 3 nitrogen and oxygen atoms in total. The zero-order valence-electron chi connectivity index (χ0n) is 14.0. The van der Waals surface area contributed by atoms with E-state index in [9.17, 15) is 14.3 Å². The molecule has 25 heavy (non-hydrogen) atoms. The summed E-state index contributed by atoms with van der Waals surface area (Å²) in [5, 5.41) is 9.20. The van der Waals surface area contributed by atoms with Gasteiger partial charge in [-0.1, -0.05) is 0 Å². The first-order valence-corrected chi connectivity index (χ1v) is 9.72. The van der Waals surface area contributed by atoms with E-state index in [4.69, 9.17) is 16.3 Å². The lowest BCUT2D eigenvalue weighted by Crippen LogP contribution is -2.56. The highest BCUT2D eigenvalue weighted by atomic mass is 35.5. The predicted molar refractivity (Wildman–Crippen MR) is 91.9 cm³/mol. The summed E-state index contributed by atoms with van der Waals surface area (Å²) >= 11 is 6.79. The Kier molecular flexibility index (Phi) is 3.41. The summed E-state index contributed by atoms with van der Waals surface area (Å²) in [6.45, 7) is 0. The maximum atomic E-state index is 14.3. The lowest BCUT2D eigenvalue weighted by Gasteiger charge is -2.57. The number of carboxylic acid groups (broad SMARTS) is 1. The van der Waals surface area contributed by atoms with Crippen LogP contribution in [0.25, 0.3) is 0 Å².